The van der Waals surface area contributed by atoms with Crippen LogP contribution >= 0.6 is 7.26 Å². The molecule has 3 heteroatoms. The summed E-state index contributed by atoms with van der Waals surface area (Å²) in [6.07, 6.45) is 15.2. The predicted octanol–water partition coefficient (Wildman–Crippen LogP) is 7.64. The molecule has 0 bridgehead atoms. The molecule has 0 saturated carbocycles. The Morgan fingerprint density at radius 1 is 0.583 bits per heavy atom. The van der Waals surface area contributed by atoms with Gasteiger partial charge in [0.1, 0.15) is 23.2 Å². The fraction of sp³-hybridized carbons (Fsp3) is 0.455. The molecule has 192 valence electrons. The van der Waals surface area contributed by atoms with Gasteiger partial charge in [0.15, 0.2) is 6.29 Å². The van der Waals surface area contributed by atoms with Gasteiger partial charge in [-0.3, -0.25) is 0 Å². The van der Waals surface area contributed by atoms with E-state index in [9.17, 15) is 0 Å². The average Bonchev–Trinajstić information content (AvgIpc) is 2.96. The van der Waals surface area contributed by atoms with Gasteiger partial charge in [-0.2, -0.15) is 0 Å². The second kappa shape index (κ2) is 15.3. The highest BCUT2D eigenvalue weighted by Gasteiger charge is 2.44. The maximum atomic E-state index is 5.86. The molecule has 0 spiro atoms. The van der Waals surface area contributed by atoms with E-state index in [2.05, 4.69) is 91.0 Å². The summed E-state index contributed by atoms with van der Waals surface area (Å²) in [5.74, 6) is 0. The standard InChI is InChI=1S/C33H44O2P/c1(3-5-17-27-34-33-26-16-18-28-35-33)2-4-6-19-29-36(30-20-10-7-11-21-30,31-22-12-8-13-23-31)32-24-14-9-15-25-32/h7-15,20-25,33H,1-6,16-19,26-29H2/q+1. The Morgan fingerprint density at radius 2 is 1.06 bits per heavy atom. The molecule has 0 aliphatic carbocycles. The quantitative estimate of drug-likeness (QED) is 0.157. The van der Waals surface area contributed by atoms with Gasteiger partial charge in [-0.1, -0.05) is 86.7 Å². The van der Waals surface area contributed by atoms with Crippen molar-refractivity contribution in [2.24, 2.45) is 0 Å². The minimum Gasteiger partial charge on any atom is -0.353 e. The number of hydrogen-bond acceptors (Lipinski definition) is 2. The minimum absolute atomic E-state index is 0.0661. The van der Waals surface area contributed by atoms with Crippen LogP contribution in [0.15, 0.2) is 91.0 Å². The van der Waals surface area contributed by atoms with Gasteiger partial charge in [-0.25, -0.2) is 0 Å². The molecule has 0 amide bonds. The van der Waals surface area contributed by atoms with Crippen molar-refractivity contribution in [3.05, 3.63) is 91.0 Å². The van der Waals surface area contributed by atoms with Gasteiger partial charge in [0.2, 0.25) is 0 Å². The van der Waals surface area contributed by atoms with Gasteiger partial charge in [-0.05, 0) is 74.9 Å². The third-order valence-electron chi connectivity index (χ3n) is 7.42. The summed E-state index contributed by atoms with van der Waals surface area (Å²) in [7, 11) is -1.66. The number of unbranched alkanes of at least 4 members (excludes halogenated alkanes) is 7. The third kappa shape index (κ3) is 7.75. The average molecular weight is 504 g/mol. The molecule has 0 N–H and O–H groups in total. The molecule has 36 heavy (non-hydrogen) atoms. The first-order chi connectivity index (χ1) is 17.9. The number of benzene rings is 3. The van der Waals surface area contributed by atoms with Crippen LogP contribution in [0.3, 0.4) is 0 Å². The van der Waals surface area contributed by atoms with Crippen LogP contribution in [0, 0.1) is 0 Å². The first kappa shape index (κ1) is 27.1. The summed E-state index contributed by atoms with van der Waals surface area (Å²) in [5, 5.41) is 4.51. The van der Waals surface area contributed by atoms with Crippen LogP contribution in [0.4, 0.5) is 0 Å². The van der Waals surface area contributed by atoms with E-state index in [1.54, 1.807) is 0 Å². The molecule has 1 fully saturated rings. The molecular formula is C33H44O2P+. The first-order valence-electron chi connectivity index (χ1n) is 14.2. The van der Waals surface area contributed by atoms with E-state index >= 15 is 0 Å². The zero-order chi connectivity index (χ0) is 24.7. The monoisotopic (exact) mass is 503 g/mol. The number of rotatable bonds is 15. The lowest BCUT2D eigenvalue weighted by Gasteiger charge is -2.27. The molecule has 1 unspecified atom stereocenters. The van der Waals surface area contributed by atoms with Crippen molar-refractivity contribution in [3.8, 4) is 0 Å². The highest BCUT2D eigenvalue weighted by molar-refractivity contribution is 7.95. The fourth-order valence-corrected chi connectivity index (χ4v) is 9.86. The van der Waals surface area contributed by atoms with Gasteiger partial charge in [0.05, 0.1) is 6.16 Å². The molecule has 0 radical (unpaired) electrons. The summed E-state index contributed by atoms with van der Waals surface area (Å²) in [4.78, 5) is 0. The van der Waals surface area contributed by atoms with Gasteiger partial charge in [0, 0.05) is 13.2 Å². The largest absolute Gasteiger partial charge is 0.353 e. The van der Waals surface area contributed by atoms with Crippen LogP contribution < -0.4 is 15.9 Å². The van der Waals surface area contributed by atoms with E-state index in [1.807, 2.05) is 0 Å². The molecule has 3 aromatic carbocycles. The third-order valence-corrected chi connectivity index (χ3v) is 11.9. The van der Waals surface area contributed by atoms with E-state index in [4.69, 9.17) is 9.47 Å². The van der Waals surface area contributed by atoms with E-state index in [1.165, 1.54) is 79.9 Å². The summed E-state index contributed by atoms with van der Waals surface area (Å²) < 4.78 is 11.5. The molecule has 1 atom stereocenters. The maximum absolute atomic E-state index is 5.86. The van der Waals surface area contributed by atoms with Crippen molar-refractivity contribution in [2.45, 2.75) is 76.9 Å². The van der Waals surface area contributed by atoms with Crippen molar-refractivity contribution >= 4 is 23.2 Å². The Labute approximate surface area is 219 Å². The van der Waals surface area contributed by atoms with E-state index in [-0.39, 0.29) is 6.29 Å². The van der Waals surface area contributed by atoms with Crippen LogP contribution in [0.25, 0.3) is 0 Å². The molecule has 4 rings (SSSR count). The number of ether oxygens (including phenoxy) is 2. The van der Waals surface area contributed by atoms with Gasteiger partial charge in [0.25, 0.3) is 0 Å². The molecule has 2 nitrogen and oxygen atoms in total. The maximum Gasteiger partial charge on any atom is 0.157 e. The lowest BCUT2D eigenvalue weighted by Crippen LogP contribution is -2.33. The minimum atomic E-state index is -1.66. The summed E-state index contributed by atoms with van der Waals surface area (Å²) in [5.41, 5.74) is 0. The van der Waals surface area contributed by atoms with Crippen LogP contribution in [0.1, 0.15) is 70.6 Å². The molecule has 0 aromatic heterocycles. The van der Waals surface area contributed by atoms with Gasteiger partial charge >= 0.3 is 0 Å². The SMILES string of the molecule is c1ccc([P+](CCCCCCCCCCOC2CCCCO2)(c2ccccc2)c2ccccc2)cc1. The molecular weight excluding hydrogens is 459 g/mol. The van der Waals surface area contributed by atoms with Crippen LogP contribution in [-0.4, -0.2) is 25.7 Å². The Morgan fingerprint density at radius 3 is 1.53 bits per heavy atom. The molecule has 1 heterocycles. The number of hydrogen-bond donors (Lipinski definition) is 0. The van der Waals surface area contributed by atoms with Crippen molar-refractivity contribution in [1.29, 1.82) is 0 Å². The second-order valence-corrected chi connectivity index (χ2v) is 13.7. The van der Waals surface area contributed by atoms with Gasteiger partial charge < -0.3 is 9.47 Å². The smallest absolute Gasteiger partial charge is 0.157 e. The Hall–Kier alpha value is -1.99. The zero-order valence-corrected chi connectivity index (χ0v) is 22.8. The lowest BCUT2D eigenvalue weighted by atomic mass is 10.1. The molecule has 1 aliphatic rings. The zero-order valence-electron chi connectivity index (χ0n) is 21.9. The summed E-state index contributed by atoms with van der Waals surface area (Å²) in [6.45, 7) is 1.73. The highest BCUT2D eigenvalue weighted by atomic mass is 31.2. The van der Waals surface area contributed by atoms with E-state index < -0.39 is 7.26 Å². The Bertz CT molecular complexity index is 858. The second-order valence-electron chi connectivity index (χ2n) is 10.0. The van der Waals surface area contributed by atoms with Crippen molar-refractivity contribution in [2.75, 3.05) is 19.4 Å². The Balaban J connectivity index is 1.25. The lowest BCUT2D eigenvalue weighted by molar-refractivity contribution is -0.162. The fourth-order valence-electron chi connectivity index (χ4n) is 5.45. The van der Waals surface area contributed by atoms with Crippen molar-refractivity contribution in [1.82, 2.24) is 0 Å². The molecule has 1 aliphatic heterocycles. The first-order valence-corrected chi connectivity index (χ1v) is 16.2. The van der Waals surface area contributed by atoms with Crippen LogP contribution in [0.5, 0.6) is 0 Å². The van der Waals surface area contributed by atoms with E-state index in [0.29, 0.717) is 0 Å². The van der Waals surface area contributed by atoms with E-state index in [0.717, 1.165) is 26.1 Å². The van der Waals surface area contributed by atoms with Gasteiger partial charge in [-0.15, -0.1) is 0 Å². The van der Waals surface area contributed by atoms with Crippen molar-refractivity contribution in [3.63, 3.8) is 0 Å². The predicted molar refractivity (Wildman–Crippen MR) is 156 cm³/mol. The highest BCUT2D eigenvalue weighted by Crippen LogP contribution is 2.56. The van der Waals surface area contributed by atoms with Crippen LogP contribution in [0.2, 0.25) is 0 Å². The summed E-state index contributed by atoms with van der Waals surface area (Å²) >= 11 is 0. The Kier molecular flexibility index (Phi) is 11.5. The molecule has 3 aromatic rings. The van der Waals surface area contributed by atoms with Crippen LogP contribution in [-0.2, 0) is 9.47 Å². The topological polar surface area (TPSA) is 18.5 Å². The van der Waals surface area contributed by atoms with Crippen molar-refractivity contribution < 1.29 is 9.47 Å². The normalized spacial score (nSPS) is 16.2. The summed E-state index contributed by atoms with van der Waals surface area (Å²) in [6, 6.07) is 33.9. The molecule has 1 saturated heterocycles.